The van der Waals surface area contributed by atoms with Crippen LogP contribution in [0.4, 0.5) is 0 Å². The molecule has 0 radical (unpaired) electrons. The van der Waals surface area contributed by atoms with Crippen LogP contribution in [0.15, 0.2) is 33.0 Å². The Hall–Kier alpha value is -3.20. The van der Waals surface area contributed by atoms with Crippen LogP contribution in [0.2, 0.25) is 0 Å². The Morgan fingerprint density at radius 3 is 2.65 bits per heavy atom. The number of amides is 1. The first-order valence-electron chi connectivity index (χ1n) is 9.87. The molecule has 2 N–H and O–H groups in total. The van der Waals surface area contributed by atoms with Gasteiger partial charge in [-0.1, -0.05) is 20.8 Å². The first kappa shape index (κ1) is 22.5. The van der Waals surface area contributed by atoms with Gasteiger partial charge in [0.05, 0.1) is 10.9 Å². The molecule has 1 amide bonds. The lowest BCUT2D eigenvalue weighted by Gasteiger charge is -2.18. The summed E-state index contributed by atoms with van der Waals surface area (Å²) in [5, 5.41) is 14.5. The summed E-state index contributed by atoms with van der Waals surface area (Å²) in [4.78, 5) is 40.8. The average molecular weight is 445 g/mol. The van der Waals surface area contributed by atoms with Gasteiger partial charge >= 0.3 is 5.97 Å². The minimum atomic E-state index is -1.10. The fraction of sp³-hybridized carbons (Fsp3) is 0.364. The molecular weight excluding hydrogens is 420 g/mol. The first-order valence-corrected chi connectivity index (χ1v) is 10.7. The van der Waals surface area contributed by atoms with Gasteiger partial charge in [-0.15, -0.1) is 11.3 Å². The van der Waals surface area contributed by atoms with Crippen molar-refractivity contribution in [3.05, 3.63) is 45.3 Å². The van der Waals surface area contributed by atoms with E-state index in [2.05, 4.69) is 10.3 Å². The zero-order valence-electron chi connectivity index (χ0n) is 17.7. The number of ether oxygens (including phenoxy) is 1. The third kappa shape index (κ3) is 4.93. The SMILES string of the molecule is CCc1cc2c(=O)c(-c3nc(C)cs3)coc2cc1OCC(=O)NC(C(=O)O)C(C)C. The van der Waals surface area contributed by atoms with Gasteiger partial charge in [0.25, 0.3) is 5.91 Å². The molecule has 31 heavy (non-hydrogen) atoms. The smallest absolute Gasteiger partial charge is 0.326 e. The van der Waals surface area contributed by atoms with E-state index in [1.807, 2.05) is 19.2 Å². The molecular formula is C22H24N2O6S. The highest BCUT2D eigenvalue weighted by atomic mass is 32.1. The van der Waals surface area contributed by atoms with E-state index in [1.165, 1.54) is 17.6 Å². The van der Waals surface area contributed by atoms with Crippen LogP contribution in [-0.2, 0) is 16.0 Å². The van der Waals surface area contributed by atoms with Crippen molar-refractivity contribution in [1.82, 2.24) is 10.3 Å². The monoisotopic (exact) mass is 444 g/mol. The van der Waals surface area contributed by atoms with E-state index in [0.717, 1.165) is 11.3 Å². The number of hydrogen-bond donors (Lipinski definition) is 2. The molecule has 0 saturated carbocycles. The Morgan fingerprint density at radius 1 is 1.32 bits per heavy atom. The molecule has 2 aromatic heterocycles. The first-order chi connectivity index (χ1) is 14.7. The number of aryl methyl sites for hydroxylation is 2. The molecule has 1 unspecified atom stereocenters. The lowest BCUT2D eigenvalue weighted by atomic mass is 10.1. The van der Waals surface area contributed by atoms with E-state index >= 15 is 0 Å². The number of rotatable bonds is 8. The number of carbonyl (C=O) groups excluding carboxylic acids is 1. The van der Waals surface area contributed by atoms with E-state index in [-0.39, 0.29) is 18.0 Å². The van der Waals surface area contributed by atoms with Gasteiger partial charge in [-0.2, -0.15) is 0 Å². The highest BCUT2D eigenvalue weighted by Gasteiger charge is 2.23. The molecule has 0 bridgehead atoms. The summed E-state index contributed by atoms with van der Waals surface area (Å²) in [6, 6.07) is 2.29. The number of hydrogen-bond acceptors (Lipinski definition) is 7. The number of thiazole rings is 1. The van der Waals surface area contributed by atoms with Gasteiger partial charge in [-0.25, -0.2) is 9.78 Å². The van der Waals surface area contributed by atoms with Gasteiger partial charge in [0.2, 0.25) is 5.43 Å². The van der Waals surface area contributed by atoms with Crippen molar-refractivity contribution in [3.8, 4) is 16.3 Å². The molecule has 0 fully saturated rings. The third-order valence-corrected chi connectivity index (χ3v) is 5.79. The molecule has 164 valence electrons. The molecule has 0 aliphatic carbocycles. The van der Waals surface area contributed by atoms with Crippen molar-refractivity contribution in [3.63, 3.8) is 0 Å². The van der Waals surface area contributed by atoms with Crippen molar-refractivity contribution in [1.29, 1.82) is 0 Å². The standard InChI is InChI=1S/C22H24N2O6S/c1-5-13-6-14-17(29-8-15(20(14)26)21-23-12(4)10-31-21)7-16(13)30-9-18(25)24-19(11(2)3)22(27)28/h6-8,10-11,19H,5,9H2,1-4H3,(H,24,25)(H,27,28). The summed E-state index contributed by atoms with van der Waals surface area (Å²) in [7, 11) is 0. The Balaban J connectivity index is 1.86. The summed E-state index contributed by atoms with van der Waals surface area (Å²) in [5.74, 6) is -1.50. The molecule has 9 heteroatoms. The maximum Gasteiger partial charge on any atom is 0.326 e. The van der Waals surface area contributed by atoms with Crippen molar-refractivity contribution >= 4 is 34.2 Å². The van der Waals surface area contributed by atoms with Crippen molar-refractivity contribution in [2.75, 3.05) is 6.61 Å². The van der Waals surface area contributed by atoms with E-state index in [4.69, 9.17) is 9.15 Å². The number of aliphatic carboxylic acids is 1. The van der Waals surface area contributed by atoms with Crippen LogP contribution in [0, 0.1) is 12.8 Å². The van der Waals surface area contributed by atoms with Crippen molar-refractivity contribution in [2.24, 2.45) is 5.92 Å². The highest BCUT2D eigenvalue weighted by molar-refractivity contribution is 7.13. The van der Waals surface area contributed by atoms with Crippen LogP contribution in [0.3, 0.4) is 0 Å². The number of fused-ring (bicyclic) bond motifs is 1. The predicted octanol–water partition coefficient (Wildman–Crippen LogP) is 3.39. The Morgan fingerprint density at radius 2 is 2.06 bits per heavy atom. The van der Waals surface area contributed by atoms with E-state index < -0.39 is 17.9 Å². The largest absolute Gasteiger partial charge is 0.483 e. The molecule has 1 aromatic carbocycles. The molecule has 3 rings (SSSR count). The Labute approximate surface area is 182 Å². The zero-order chi connectivity index (χ0) is 22.7. The molecule has 2 heterocycles. The summed E-state index contributed by atoms with van der Waals surface area (Å²) in [6.45, 7) is 6.83. The summed E-state index contributed by atoms with van der Waals surface area (Å²) in [5.41, 5.74) is 2.11. The van der Waals surface area contributed by atoms with Crippen LogP contribution >= 0.6 is 11.3 Å². The van der Waals surface area contributed by atoms with E-state index in [1.54, 1.807) is 26.0 Å². The second-order valence-electron chi connectivity index (χ2n) is 7.50. The average Bonchev–Trinajstić information content (AvgIpc) is 3.15. The van der Waals surface area contributed by atoms with Crippen LogP contribution in [0.25, 0.3) is 21.5 Å². The second kappa shape index (κ2) is 9.30. The van der Waals surface area contributed by atoms with Crippen molar-refractivity contribution < 1.29 is 23.8 Å². The number of carboxylic acid groups (broad SMARTS) is 1. The Kier molecular flexibility index (Phi) is 6.74. The topological polar surface area (TPSA) is 119 Å². The van der Waals surface area contributed by atoms with Gasteiger partial charge < -0.3 is 19.6 Å². The number of nitrogens with zero attached hydrogens (tertiary/aromatic N) is 1. The van der Waals surface area contributed by atoms with Crippen LogP contribution in [-0.4, -0.2) is 34.6 Å². The number of benzene rings is 1. The van der Waals surface area contributed by atoms with E-state index in [0.29, 0.717) is 33.7 Å². The quantitative estimate of drug-likeness (QED) is 0.547. The molecule has 1 atom stereocenters. The van der Waals surface area contributed by atoms with Gasteiger partial charge in [-0.05, 0) is 30.9 Å². The zero-order valence-corrected chi connectivity index (χ0v) is 18.5. The summed E-state index contributed by atoms with van der Waals surface area (Å²) in [6.07, 6.45) is 1.95. The minimum Gasteiger partial charge on any atom is -0.483 e. The molecule has 0 aliphatic heterocycles. The highest BCUT2D eigenvalue weighted by Crippen LogP contribution is 2.28. The number of carbonyl (C=O) groups is 2. The maximum absolute atomic E-state index is 13.0. The molecule has 0 spiro atoms. The molecule has 8 nitrogen and oxygen atoms in total. The minimum absolute atomic E-state index is 0.184. The number of carboxylic acids is 1. The third-order valence-electron chi connectivity index (χ3n) is 4.79. The van der Waals surface area contributed by atoms with Crippen LogP contribution < -0.4 is 15.5 Å². The normalized spacial score (nSPS) is 12.2. The predicted molar refractivity (Wildman–Crippen MR) is 118 cm³/mol. The lowest BCUT2D eigenvalue weighted by Crippen LogP contribution is -2.46. The molecule has 0 saturated heterocycles. The van der Waals surface area contributed by atoms with E-state index in [9.17, 15) is 19.5 Å². The van der Waals surface area contributed by atoms with Gasteiger partial charge in [0, 0.05) is 17.1 Å². The molecule has 0 aliphatic rings. The fourth-order valence-electron chi connectivity index (χ4n) is 3.11. The Bertz CT molecular complexity index is 1180. The summed E-state index contributed by atoms with van der Waals surface area (Å²) >= 11 is 1.38. The van der Waals surface area contributed by atoms with Crippen LogP contribution in [0.1, 0.15) is 32.0 Å². The van der Waals surface area contributed by atoms with Crippen molar-refractivity contribution in [2.45, 2.75) is 40.2 Å². The molecule has 3 aromatic rings. The van der Waals surface area contributed by atoms with Gasteiger partial charge in [-0.3, -0.25) is 9.59 Å². The lowest BCUT2D eigenvalue weighted by molar-refractivity contribution is -0.143. The maximum atomic E-state index is 13.0. The number of nitrogens with one attached hydrogen (secondary N) is 1. The summed E-state index contributed by atoms with van der Waals surface area (Å²) < 4.78 is 11.3. The number of aromatic nitrogens is 1. The van der Waals surface area contributed by atoms with Gasteiger partial charge in [0.1, 0.15) is 28.6 Å². The second-order valence-corrected chi connectivity index (χ2v) is 8.36. The van der Waals surface area contributed by atoms with Gasteiger partial charge in [0.15, 0.2) is 6.61 Å². The fourth-order valence-corrected chi connectivity index (χ4v) is 3.91. The van der Waals surface area contributed by atoms with Crippen LogP contribution in [0.5, 0.6) is 5.75 Å².